The van der Waals surface area contributed by atoms with Gasteiger partial charge in [0.05, 0.1) is 12.5 Å². The van der Waals surface area contributed by atoms with Gasteiger partial charge in [-0.3, -0.25) is 9.59 Å². The van der Waals surface area contributed by atoms with Crippen molar-refractivity contribution >= 4 is 34.5 Å². The monoisotopic (exact) mass is 430 g/mol. The highest BCUT2D eigenvalue weighted by Gasteiger charge is 2.36. The molecule has 6 heteroatoms. The number of thioether (sulfide) groups is 1. The number of rotatable bonds is 7. The first-order valence-electron chi connectivity index (χ1n) is 11.4. The summed E-state index contributed by atoms with van der Waals surface area (Å²) in [5, 5.41) is 1.21. The number of hydrogen-bond donors (Lipinski definition) is 0. The molecule has 3 rings (SSSR count). The van der Waals surface area contributed by atoms with Gasteiger partial charge in [-0.25, -0.2) is 0 Å². The lowest BCUT2D eigenvalue weighted by atomic mass is 9.90. The number of benzene rings is 1. The number of esters is 1. The lowest BCUT2D eigenvalue weighted by Gasteiger charge is -2.34. The largest absolute Gasteiger partial charge is 0.466 e. The van der Waals surface area contributed by atoms with Crippen LogP contribution >= 0.6 is 11.8 Å². The van der Waals surface area contributed by atoms with Crippen LogP contribution in [0.25, 0.3) is 0 Å². The summed E-state index contributed by atoms with van der Waals surface area (Å²) < 4.78 is 4.98. The summed E-state index contributed by atoms with van der Waals surface area (Å²) in [5.74, 6) is 0.0417. The number of anilines is 1. The maximum Gasteiger partial charge on any atom is 0.305 e. The van der Waals surface area contributed by atoms with Gasteiger partial charge >= 0.3 is 5.97 Å². The zero-order chi connectivity index (χ0) is 21.3. The first-order chi connectivity index (χ1) is 14.6. The average Bonchev–Trinajstić information content (AvgIpc) is 2.71. The summed E-state index contributed by atoms with van der Waals surface area (Å²) in [6.07, 6.45) is 9.06. The summed E-state index contributed by atoms with van der Waals surface area (Å²) in [6.45, 7) is 5.14. The predicted octanol–water partition coefficient (Wildman–Crippen LogP) is 5.37. The fourth-order valence-electron chi connectivity index (χ4n) is 4.28. The van der Waals surface area contributed by atoms with Gasteiger partial charge in [-0.05, 0) is 57.2 Å². The van der Waals surface area contributed by atoms with Crippen LogP contribution < -0.4 is 4.90 Å². The molecule has 1 aromatic rings. The molecule has 0 saturated heterocycles. The third-order valence-electron chi connectivity index (χ3n) is 5.93. The van der Waals surface area contributed by atoms with Gasteiger partial charge in [0.25, 0.3) is 5.91 Å². The minimum absolute atomic E-state index is 0.0738. The summed E-state index contributed by atoms with van der Waals surface area (Å²) in [6, 6.07) is 8.41. The number of amidine groups is 1. The molecule has 1 heterocycles. The number of aryl methyl sites for hydroxylation is 1. The maximum absolute atomic E-state index is 12.8. The van der Waals surface area contributed by atoms with Crippen LogP contribution in [0, 0.1) is 5.92 Å². The Kier molecular flexibility index (Phi) is 8.79. The number of carbonyl (C=O) groups is 2. The van der Waals surface area contributed by atoms with E-state index in [1.165, 1.54) is 24.8 Å². The Morgan fingerprint density at radius 3 is 2.57 bits per heavy atom. The van der Waals surface area contributed by atoms with Crippen molar-refractivity contribution in [2.75, 3.05) is 18.1 Å². The Labute approximate surface area is 184 Å². The number of aliphatic imine (C=N–C) groups is 1. The number of ether oxygens (including phenoxy) is 1. The minimum Gasteiger partial charge on any atom is -0.466 e. The average molecular weight is 431 g/mol. The second kappa shape index (κ2) is 11.5. The zero-order valence-corrected chi connectivity index (χ0v) is 19.1. The minimum atomic E-state index is -0.129. The highest BCUT2D eigenvalue weighted by molar-refractivity contribution is 8.14. The van der Waals surface area contributed by atoms with Crippen LogP contribution in [0.2, 0.25) is 0 Å². The number of amides is 1. The van der Waals surface area contributed by atoms with Crippen LogP contribution in [0.3, 0.4) is 0 Å². The highest BCUT2D eigenvalue weighted by Crippen LogP contribution is 2.38. The number of hydrogen-bond acceptors (Lipinski definition) is 5. The van der Waals surface area contributed by atoms with Crippen LogP contribution in [0.15, 0.2) is 29.3 Å². The van der Waals surface area contributed by atoms with Crippen LogP contribution in [-0.4, -0.2) is 35.4 Å². The van der Waals surface area contributed by atoms with E-state index >= 15 is 0 Å². The predicted molar refractivity (Wildman–Crippen MR) is 124 cm³/mol. The number of carbonyl (C=O) groups excluding carboxylic acids is 2. The van der Waals surface area contributed by atoms with Crippen molar-refractivity contribution < 1.29 is 14.3 Å². The van der Waals surface area contributed by atoms with Gasteiger partial charge in [-0.15, -0.1) is 0 Å². The van der Waals surface area contributed by atoms with Crippen molar-refractivity contribution in [3.63, 3.8) is 0 Å². The Morgan fingerprint density at radius 1 is 1.13 bits per heavy atom. The normalized spacial score (nSPS) is 21.8. The lowest BCUT2D eigenvalue weighted by Crippen LogP contribution is -2.39. The van der Waals surface area contributed by atoms with E-state index in [2.05, 4.69) is 41.1 Å². The second-order valence-corrected chi connectivity index (χ2v) is 9.26. The molecule has 0 radical (unpaired) electrons. The quantitative estimate of drug-likeness (QED) is 0.545. The van der Waals surface area contributed by atoms with E-state index in [9.17, 15) is 9.59 Å². The molecule has 1 saturated carbocycles. The zero-order valence-electron chi connectivity index (χ0n) is 18.3. The van der Waals surface area contributed by atoms with E-state index in [4.69, 9.17) is 4.74 Å². The molecule has 164 valence electrons. The van der Waals surface area contributed by atoms with E-state index in [1.54, 1.807) is 11.8 Å². The summed E-state index contributed by atoms with van der Waals surface area (Å²) in [5.41, 5.74) is 2.27. The highest BCUT2D eigenvalue weighted by atomic mass is 32.2. The SMILES string of the molecule is CCOC(=O)CCCc1ccc(N(CC)C2=NC(=O)C3CCCCCCC3S2)cc1. The number of nitrogens with zero attached hydrogens (tertiary/aromatic N) is 2. The van der Waals surface area contributed by atoms with Crippen LogP contribution in [0.1, 0.15) is 70.8 Å². The first kappa shape index (κ1) is 22.9. The maximum atomic E-state index is 12.8. The fraction of sp³-hybridized carbons (Fsp3) is 0.625. The van der Waals surface area contributed by atoms with Gasteiger partial charge < -0.3 is 9.64 Å². The molecule has 1 amide bonds. The molecule has 1 aliphatic carbocycles. The standard InChI is InChI=1S/C24H34N2O3S/c1-3-26(19-16-14-18(15-17-19)10-9-13-22(27)29-4-2)24-25-23(28)20-11-7-5-6-8-12-21(20)30-24/h14-17,20-21H,3-13H2,1-2H3. The Morgan fingerprint density at radius 2 is 1.87 bits per heavy atom. The van der Waals surface area contributed by atoms with Gasteiger partial charge in [-0.2, -0.15) is 4.99 Å². The molecule has 2 aliphatic rings. The summed E-state index contributed by atoms with van der Waals surface area (Å²) in [7, 11) is 0. The molecule has 5 nitrogen and oxygen atoms in total. The molecule has 0 aromatic heterocycles. The molecule has 1 aromatic carbocycles. The summed E-state index contributed by atoms with van der Waals surface area (Å²) in [4.78, 5) is 30.9. The molecule has 2 atom stereocenters. The van der Waals surface area contributed by atoms with Gasteiger partial charge in [-0.1, -0.05) is 49.6 Å². The topological polar surface area (TPSA) is 59.0 Å². The molecular weight excluding hydrogens is 396 g/mol. The first-order valence-corrected chi connectivity index (χ1v) is 12.3. The van der Waals surface area contributed by atoms with Crippen molar-refractivity contribution in [2.24, 2.45) is 10.9 Å². The third kappa shape index (κ3) is 6.10. The molecule has 1 aliphatic heterocycles. The molecule has 2 unspecified atom stereocenters. The van der Waals surface area contributed by atoms with E-state index < -0.39 is 0 Å². The molecule has 30 heavy (non-hydrogen) atoms. The van der Waals surface area contributed by atoms with Crippen molar-refractivity contribution in [3.05, 3.63) is 29.8 Å². The molecule has 1 fully saturated rings. The molecule has 0 bridgehead atoms. The Balaban J connectivity index is 1.64. The smallest absolute Gasteiger partial charge is 0.305 e. The van der Waals surface area contributed by atoms with E-state index in [-0.39, 0.29) is 17.8 Å². The molecule has 0 spiro atoms. The lowest BCUT2D eigenvalue weighted by molar-refractivity contribution is -0.143. The second-order valence-electron chi connectivity index (χ2n) is 8.06. The number of fused-ring (bicyclic) bond motifs is 1. The van der Waals surface area contributed by atoms with Crippen LogP contribution in [-0.2, 0) is 20.7 Å². The fourth-order valence-corrected chi connectivity index (χ4v) is 5.75. The van der Waals surface area contributed by atoms with Gasteiger partial charge in [0, 0.05) is 23.9 Å². The van der Waals surface area contributed by atoms with Gasteiger partial charge in [0.1, 0.15) is 0 Å². The van der Waals surface area contributed by atoms with Crippen molar-refractivity contribution in [2.45, 2.75) is 76.9 Å². The third-order valence-corrected chi connectivity index (χ3v) is 7.32. The van der Waals surface area contributed by atoms with Crippen LogP contribution in [0.4, 0.5) is 5.69 Å². The van der Waals surface area contributed by atoms with E-state index in [0.29, 0.717) is 18.3 Å². The van der Waals surface area contributed by atoms with E-state index in [1.807, 2.05) is 6.92 Å². The van der Waals surface area contributed by atoms with Gasteiger partial charge in [0.2, 0.25) is 0 Å². The van der Waals surface area contributed by atoms with Crippen molar-refractivity contribution in [1.29, 1.82) is 0 Å². The summed E-state index contributed by atoms with van der Waals surface area (Å²) >= 11 is 1.80. The van der Waals surface area contributed by atoms with Gasteiger partial charge in [0.15, 0.2) is 5.17 Å². The van der Waals surface area contributed by atoms with Crippen LogP contribution in [0.5, 0.6) is 0 Å². The molecular formula is C24H34N2O3S. The Hall–Kier alpha value is -1.82. The van der Waals surface area contributed by atoms with E-state index in [0.717, 1.165) is 49.5 Å². The Bertz CT molecular complexity index is 747. The molecule has 0 N–H and O–H groups in total. The van der Waals surface area contributed by atoms with Crippen molar-refractivity contribution in [3.8, 4) is 0 Å². The van der Waals surface area contributed by atoms with Crippen molar-refractivity contribution in [1.82, 2.24) is 0 Å².